The van der Waals surface area contributed by atoms with E-state index in [4.69, 9.17) is 21.1 Å². The van der Waals surface area contributed by atoms with E-state index in [0.29, 0.717) is 33.7 Å². The first-order chi connectivity index (χ1) is 15.6. The second kappa shape index (κ2) is 12.1. The van der Waals surface area contributed by atoms with Gasteiger partial charge in [0.2, 0.25) is 0 Å². The minimum Gasteiger partial charge on any atom is -0.493 e. The van der Waals surface area contributed by atoms with E-state index in [9.17, 15) is 4.79 Å². The van der Waals surface area contributed by atoms with E-state index in [1.165, 1.54) is 11.3 Å². The number of benzene rings is 2. The van der Waals surface area contributed by atoms with Crippen LogP contribution >= 0.6 is 22.9 Å². The monoisotopic (exact) mass is 474 g/mol. The Bertz CT molecular complexity index is 1030. The van der Waals surface area contributed by atoms with Crippen molar-refractivity contribution in [3.05, 3.63) is 52.4 Å². The van der Waals surface area contributed by atoms with Gasteiger partial charge in [0.25, 0.3) is 5.91 Å². The van der Waals surface area contributed by atoms with Gasteiger partial charge in [0.15, 0.2) is 11.5 Å². The van der Waals surface area contributed by atoms with Crippen LogP contribution in [-0.4, -0.2) is 44.2 Å². The number of rotatable bonds is 12. The van der Waals surface area contributed by atoms with Gasteiger partial charge in [0, 0.05) is 28.4 Å². The lowest BCUT2D eigenvalue weighted by molar-refractivity contribution is 0.103. The van der Waals surface area contributed by atoms with Gasteiger partial charge < -0.3 is 19.7 Å². The maximum Gasteiger partial charge on any atom is 0.267 e. The van der Waals surface area contributed by atoms with Crippen molar-refractivity contribution in [3.8, 4) is 11.5 Å². The minimum atomic E-state index is -0.234. The van der Waals surface area contributed by atoms with Gasteiger partial charge in [-0.1, -0.05) is 43.6 Å². The number of amides is 1. The molecule has 1 N–H and O–H groups in total. The largest absolute Gasteiger partial charge is 0.493 e. The highest BCUT2D eigenvalue weighted by atomic mass is 35.5. The third-order valence-electron chi connectivity index (χ3n) is 5.12. The highest BCUT2D eigenvalue weighted by Crippen LogP contribution is 2.36. The fourth-order valence-corrected chi connectivity index (χ4v) is 5.07. The molecule has 3 aromatic rings. The molecule has 172 valence electrons. The molecule has 1 heterocycles. The molecule has 0 aliphatic rings. The van der Waals surface area contributed by atoms with Crippen molar-refractivity contribution in [1.29, 1.82) is 0 Å². The van der Waals surface area contributed by atoms with Crippen LogP contribution in [0.1, 0.15) is 42.8 Å². The molecule has 0 saturated carbocycles. The van der Waals surface area contributed by atoms with E-state index >= 15 is 0 Å². The van der Waals surface area contributed by atoms with Gasteiger partial charge in [0.1, 0.15) is 4.88 Å². The number of ether oxygens (including phenoxy) is 2. The summed E-state index contributed by atoms with van der Waals surface area (Å²) in [6, 6.07) is 13.1. The van der Waals surface area contributed by atoms with Gasteiger partial charge in [-0.05, 0) is 50.6 Å². The normalized spacial score (nSPS) is 11.2. The minimum absolute atomic E-state index is 0.234. The van der Waals surface area contributed by atoms with Gasteiger partial charge in [-0.2, -0.15) is 0 Å². The molecular weight excluding hydrogens is 444 g/mol. The maximum atomic E-state index is 12.9. The van der Waals surface area contributed by atoms with Crippen LogP contribution in [0.15, 0.2) is 42.5 Å². The molecule has 0 spiro atoms. The molecule has 32 heavy (non-hydrogen) atoms. The zero-order valence-corrected chi connectivity index (χ0v) is 20.5. The Balaban J connectivity index is 1.65. The lowest BCUT2D eigenvalue weighted by atomic mass is 10.2. The van der Waals surface area contributed by atoms with Gasteiger partial charge >= 0.3 is 0 Å². The Morgan fingerprint density at radius 2 is 1.81 bits per heavy atom. The van der Waals surface area contributed by atoms with Crippen LogP contribution in [0.3, 0.4) is 0 Å². The summed E-state index contributed by atoms with van der Waals surface area (Å²) in [5.74, 6) is 1.02. The highest BCUT2D eigenvalue weighted by Gasteiger charge is 2.18. The summed E-state index contributed by atoms with van der Waals surface area (Å²) in [7, 11) is 1.61. The first-order valence-electron chi connectivity index (χ1n) is 11.1. The van der Waals surface area contributed by atoms with Crippen molar-refractivity contribution in [1.82, 2.24) is 4.90 Å². The third-order valence-corrected chi connectivity index (χ3v) is 6.79. The summed E-state index contributed by atoms with van der Waals surface area (Å²) in [6.07, 6.45) is 3.23. The Hall–Kier alpha value is -2.28. The highest BCUT2D eigenvalue weighted by molar-refractivity contribution is 7.21. The van der Waals surface area contributed by atoms with Crippen molar-refractivity contribution in [2.75, 3.05) is 38.7 Å². The molecule has 0 aliphatic carbocycles. The smallest absolute Gasteiger partial charge is 0.267 e. The predicted molar refractivity (Wildman–Crippen MR) is 135 cm³/mol. The van der Waals surface area contributed by atoms with Crippen LogP contribution in [0.25, 0.3) is 10.1 Å². The van der Waals surface area contributed by atoms with Crippen LogP contribution < -0.4 is 14.8 Å². The molecule has 0 radical (unpaired) electrons. The van der Waals surface area contributed by atoms with E-state index in [0.717, 1.165) is 49.0 Å². The summed E-state index contributed by atoms with van der Waals surface area (Å²) in [5.41, 5.74) is 0.637. The Morgan fingerprint density at radius 3 is 2.50 bits per heavy atom. The molecule has 2 aromatic carbocycles. The number of methoxy groups -OCH3 is 1. The molecule has 0 aliphatic heterocycles. The molecule has 1 amide bonds. The van der Waals surface area contributed by atoms with Crippen molar-refractivity contribution < 1.29 is 14.3 Å². The molecule has 0 fully saturated rings. The first kappa shape index (κ1) is 24.4. The number of fused-ring (bicyclic) bond motifs is 1. The number of anilines is 1. The molecule has 1 aromatic heterocycles. The Kier molecular flexibility index (Phi) is 9.21. The number of hydrogen-bond donors (Lipinski definition) is 1. The molecule has 0 bridgehead atoms. The van der Waals surface area contributed by atoms with Gasteiger partial charge in [-0.3, -0.25) is 4.79 Å². The lowest BCUT2D eigenvalue weighted by Gasteiger charge is -2.21. The van der Waals surface area contributed by atoms with Crippen LogP contribution in [0.2, 0.25) is 5.02 Å². The summed E-state index contributed by atoms with van der Waals surface area (Å²) in [5, 5.41) is 4.31. The average molecular weight is 475 g/mol. The number of nitrogens with zero attached hydrogens (tertiary/aromatic N) is 1. The van der Waals surface area contributed by atoms with Crippen LogP contribution in [-0.2, 0) is 0 Å². The van der Waals surface area contributed by atoms with Crippen molar-refractivity contribution >= 4 is 44.6 Å². The van der Waals surface area contributed by atoms with Gasteiger partial charge in [-0.15, -0.1) is 11.3 Å². The molecule has 3 rings (SSSR count). The van der Waals surface area contributed by atoms with Crippen molar-refractivity contribution in [2.24, 2.45) is 0 Å². The second-order valence-corrected chi connectivity index (χ2v) is 9.03. The zero-order chi connectivity index (χ0) is 22.9. The third kappa shape index (κ3) is 6.15. The van der Waals surface area contributed by atoms with Crippen LogP contribution in [0.5, 0.6) is 11.5 Å². The molecule has 0 atom stereocenters. The average Bonchev–Trinajstić information content (AvgIpc) is 3.14. The number of halogens is 1. The predicted octanol–water partition coefficient (Wildman–Crippen LogP) is 6.71. The number of carbonyl (C=O) groups excluding carboxylic acids is 1. The first-order valence-corrected chi connectivity index (χ1v) is 12.3. The Morgan fingerprint density at radius 1 is 1.06 bits per heavy atom. The number of nitrogens with one attached hydrogen (secondary N) is 1. The van der Waals surface area contributed by atoms with Gasteiger partial charge in [0.05, 0.1) is 18.7 Å². The van der Waals surface area contributed by atoms with Crippen LogP contribution in [0, 0.1) is 0 Å². The van der Waals surface area contributed by atoms with Crippen molar-refractivity contribution in [3.63, 3.8) is 0 Å². The second-order valence-electron chi connectivity index (χ2n) is 7.60. The van der Waals surface area contributed by atoms with E-state index < -0.39 is 0 Å². The maximum absolute atomic E-state index is 12.9. The zero-order valence-electron chi connectivity index (χ0n) is 18.9. The quantitative estimate of drug-likeness (QED) is 0.296. The summed E-state index contributed by atoms with van der Waals surface area (Å²) in [6.45, 7) is 8.22. The number of hydrogen-bond acceptors (Lipinski definition) is 5. The summed E-state index contributed by atoms with van der Waals surface area (Å²) >= 11 is 7.84. The number of thiophene rings is 1. The molecule has 7 heteroatoms. The van der Waals surface area contributed by atoms with E-state index in [2.05, 4.69) is 24.1 Å². The molecule has 5 nitrogen and oxygen atoms in total. The van der Waals surface area contributed by atoms with Gasteiger partial charge in [-0.25, -0.2) is 0 Å². The van der Waals surface area contributed by atoms with Crippen LogP contribution in [0.4, 0.5) is 5.69 Å². The lowest BCUT2D eigenvalue weighted by Crippen LogP contribution is -2.27. The van der Waals surface area contributed by atoms with E-state index in [-0.39, 0.29) is 5.91 Å². The van der Waals surface area contributed by atoms with Crippen molar-refractivity contribution in [2.45, 2.75) is 33.1 Å². The fourth-order valence-electron chi connectivity index (χ4n) is 3.65. The standard InChI is InChI=1S/C25H31ClN2O3S/c1-4-13-28(14-5-2)15-8-16-31-21-17-18(11-12-20(21)30-3)27-25(29)24-23(26)19-9-6-7-10-22(19)32-24/h6-7,9-12,17H,4-5,8,13-16H2,1-3H3,(H,27,29). The summed E-state index contributed by atoms with van der Waals surface area (Å²) < 4.78 is 12.4. The van der Waals surface area contributed by atoms with E-state index in [1.54, 1.807) is 25.3 Å². The summed E-state index contributed by atoms with van der Waals surface area (Å²) in [4.78, 5) is 15.8. The van der Waals surface area contributed by atoms with E-state index in [1.807, 2.05) is 24.3 Å². The Labute approximate surface area is 199 Å². The molecular formula is C25H31ClN2O3S. The SMILES string of the molecule is CCCN(CCC)CCCOc1cc(NC(=O)c2sc3ccccc3c2Cl)ccc1OC. The molecule has 0 unspecified atom stereocenters. The molecule has 0 saturated heterocycles. The fraction of sp³-hybridized carbons (Fsp3) is 0.400. The number of carbonyl (C=O) groups is 1. The topological polar surface area (TPSA) is 50.8 Å².